The second kappa shape index (κ2) is 11.4. The van der Waals surface area contributed by atoms with Crippen molar-refractivity contribution in [3.63, 3.8) is 0 Å². The molecule has 164 valence electrons. The van der Waals surface area contributed by atoms with Crippen LogP contribution in [0, 0.1) is 0 Å². The standard InChI is InChI=1S/C22H28Cl2N2O4/c1-13-17(21(27)29-3)19(15-9-8-10-16(23)20(15)24)18(14(2)26-13)22(28)30-12-7-5-4-6-11-25/h8-10,19,26H,4-7,11-12,25H2,1-3H3. The lowest BCUT2D eigenvalue weighted by atomic mass is 9.80. The summed E-state index contributed by atoms with van der Waals surface area (Å²) in [4.78, 5) is 25.7. The molecule has 0 spiro atoms. The number of nitrogens with one attached hydrogen (secondary N) is 1. The molecule has 0 fully saturated rings. The molecule has 1 aromatic carbocycles. The van der Waals surface area contributed by atoms with Crippen LogP contribution in [-0.2, 0) is 19.1 Å². The summed E-state index contributed by atoms with van der Waals surface area (Å²) in [5, 5.41) is 3.71. The fraction of sp³-hybridized carbons (Fsp3) is 0.455. The molecule has 0 aliphatic carbocycles. The third-order valence-corrected chi connectivity index (χ3v) is 5.84. The van der Waals surface area contributed by atoms with Gasteiger partial charge in [-0.25, -0.2) is 9.59 Å². The number of rotatable bonds is 9. The number of ether oxygens (including phenoxy) is 2. The maximum atomic E-state index is 13.0. The molecule has 30 heavy (non-hydrogen) atoms. The first-order valence-electron chi connectivity index (χ1n) is 9.91. The van der Waals surface area contributed by atoms with Gasteiger partial charge in [0, 0.05) is 11.4 Å². The van der Waals surface area contributed by atoms with Crippen LogP contribution in [0.15, 0.2) is 40.7 Å². The summed E-state index contributed by atoms with van der Waals surface area (Å²) >= 11 is 12.7. The minimum absolute atomic E-state index is 0.278. The molecule has 3 N–H and O–H groups in total. The predicted octanol–water partition coefficient (Wildman–Crippen LogP) is 4.46. The third kappa shape index (κ3) is 5.56. The van der Waals surface area contributed by atoms with Gasteiger partial charge in [-0.15, -0.1) is 0 Å². The van der Waals surface area contributed by atoms with Gasteiger partial charge in [0.1, 0.15) is 0 Å². The number of dihydropyridines is 1. The highest BCUT2D eigenvalue weighted by Gasteiger charge is 2.39. The molecule has 1 atom stereocenters. The van der Waals surface area contributed by atoms with Gasteiger partial charge in [0.05, 0.1) is 40.8 Å². The van der Waals surface area contributed by atoms with Gasteiger partial charge in [-0.2, -0.15) is 0 Å². The zero-order chi connectivity index (χ0) is 22.3. The highest BCUT2D eigenvalue weighted by Crippen LogP contribution is 2.43. The van der Waals surface area contributed by atoms with E-state index in [0.717, 1.165) is 25.7 Å². The molecular weight excluding hydrogens is 427 g/mol. The van der Waals surface area contributed by atoms with Crippen molar-refractivity contribution < 1.29 is 19.1 Å². The Labute approximate surface area is 187 Å². The number of unbranched alkanes of at least 4 members (excludes halogenated alkanes) is 3. The minimum atomic E-state index is -0.755. The Morgan fingerprint density at radius 3 is 2.30 bits per heavy atom. The number of benzene rings is 1. The van der Waals surface area contributed by atoms with Crippen molar-refractivity contribution in [1.82, 2.24) is 5.32 Å². The van der Waals surface area contributed by atoms with E-state index in [1.54, 1.807) is 32.0 Å². The Bertz CT molecular complexity index is 865. The number of carbonyl (C=O) groups is 2. The zero-order valence-electron chi connectivity index (χ0n) is 17.5. The van der Waals surface area contributed by atoms with Crippen LogP contribution in [0.25, 0.3) is 0 Å². The van der Waals surface area contributed by atoms with Crippen LogP contribution in [0.3, 0.4) is 0 Å². The predicted molar refractivity (Wildman–Crippen MR) is 118 cm³/mol. The Morgan fingerprint density at radius 2 is 1.67 bits per heavy atom. The molecule has 1 aromatic rings. The van der Waals surface area contributed by atoms with Gasteiger partial charge in [-0.05, 0) is 44.9 Å². The van der Waals surface area contributed by atoms with E-state index in [4.69, 9.17) is 38.4 Å². The molecular formula is C22H28Cl2N2O4. The maximum Gasteiger partial charge on any atom is 0.336 e. The first kappa shape index (κ1) is 24.3. The van der Waals surface area contributed by atoms with E-state index in [0.29, 0.717) is 39.7 Å². The van der Waals surface area contributed by atoms with Crippen molar-refractivity contribution in [2.45, 2.75) is 45.4 Å². The lowest BCUT2D eigenvalue weighted by molar-refractivity contribution is -0.139. The first-order valence-corrected chi connectivity index (χ1v) is 10.7. The molecule has 2 rings (SSSR count). The van der Waals surface area contributed by atoms with Gasteiger partial charge in [0.2, 0.25) is 0 Å². The number of allylic oxidation sites excluding steroid dienone is 2. The van der Waals surface area contributed by atoms with Gasteiger partial charge in [-0.3, -0.25) is 0 Å². The lowest BCUT2D eigenvalue weighted by Gasteiger charge is -2.30. The van der Waals surface area contributed by atoms with E-state index in [2.05, 4.69) is 5.32 Å². The monoisotopic (exact) mass is 454 g/mol. The Kier molecular flexibility index (Phi) is 9.21. The Hall–Kier alpha value is -2.02. The highest BCUT2D eigenvalue weighted by molar-refractivity contribution is 6.42. The van der Waals surface area contributed by atoms with Gasteiger partial charge < -0.3 is 20.5 Å². The van der Waals surface area contributed by atoms with Crippen LogP contribution >= 0.6 is 23.2 Å². The highest BCUT2D eigenvalue weighted by atomic mass is 35.5. The summed E-state index contributed by atoms with van der Waals surface area (Å²) in [5.41, 5.74) is 7.82. The molecule has 0 radical (unpaired) electrons. The molecule has 0 saturated carbocycles. The Morgan fingerprint density at radius 1 is 1.03 bits per heavy atom. The zero-order valence-corrected chi connectivity index (χ0v) is 19.0. The van der Waals surface area contributed by atoms with Crippen LogP contribution in [-0.4, -0.2) is 32.2 Å². The maximum absolute atomic E-state index is 13.0. The van der Waals surface area contributed by atoms with Crippen LogP contribution in [0.4, 0.5) is 0 Å². The van der Waals surface area contributed by atoms with Gasteiger partial charge in [0.25, 0.3) is 0 Å². The summed E-state index contributed by atoms with van der Waals surface area (Å²) in [7, 11) is 1.30. The summed E-state index contributed by atoms with van der Waals surface area (Å²) in [5.74, 6) is -1.82. The van der Waals surface area contributed by atoms with E-state index in [9.17, 15) is 9.59 Å². The largest absolute Gasteiger partial charge is 0.466 e. The number of hydrogen-bond donors (Lipinski definition) is 2. The number of esters is 2. The molecule has 1 aliphatic rings. The SMILES string of the molecule is COC(=O)C1=C(C)NC(C)=C(C(=O)OCCCCCCN)C1c1cccc(Cl)c1Cl. The second-order valence-electron chi connectivity index (χ2n) is 7.11. The third-order valence-electron chi connectivity index (χ3n) is 5.01. The normalized spacial score (nSPS) is 16.4. The molecule has 1 heterocycles. The average Bonchev–Trinajstić information content (AvgIpc) is 2.71. The van der Waals surface area contributed by atoms with Crippen molar-refractivity contribution in [3.8, 4) is 0 Å². The van der Waals surface area contributed by atoms with E-state index in [1.807, 2.05) is 0 Å². The van der Waals surface area contributed by atoms with Crippen LogP contribution in [0.2, 0.25) is 10.0 Å². The van der Waals surface area contributed by atoms with Crippen LogP contribution in [0.5, 0.6) is 0 Å². The smallest absolute Gasteiger partial charge is 0.336 e. The van der Waals surface area contributed by atoms with Gasteiger partial charge in [0.15, 0.2) is 0 Å². The number of halogens is 2. The number of hydrogen-bond acceptors (Lipinski definition) is 6. The van der Waals surface area contributed by atoms with Crippen LogP contribution < -0.4 is 11.1 Å². The number of carbonyl (C=O) groups excluding carboxylic acids is 2. The fourth-order valence-electron chi connectivity index (χ4n) is 3.54. The van der Waals surface area contributed by atoms with E-state index in [1.165, 1.54) is 7.11 Å². The topological polar surface area (TPSA) is 90.6 Å². The Balaban J connectivity index is 2.38. The molecule has 0 amide bonds. The number of nitrogens with two attached hydrogens (primary N) is 1. The summed E-state index contributed by atoms with van der Waals surface area (Å²) in [6, 6.07) is 5.12. The van der Waals surface area contributed by atoms with E-state index in [-0.39, 0.29) is 11.6 Å². The van der Waals surface area contributed by atoms with Crippen molar-refractivity contribution in [3.05, 3.63) is 56.3 Å². The second-order valence-corrected chi connectivity index (χ2v) is 7.89. The average molecular weight is 455 g/mol. The summed E-state index contributed by atoms with van der Waals surface area (Å²) < 4.78 is 10.5. The summed E-state index contributed by atoms with van der Waals surface area (Å²) in [6.07, 6.45) is 3.61. The molecule has 1 unspecified atom stereocenters. The number of methoxy groups -OCH3 is 1. The fourth-order valence-corrected chi connectivity index (χ4v) is 3.96. The van der Waals surface area contributed by atoms with Gasteiger partial charge in [-0.1, -0.05) is 48.2 Å². The molecule has 6 nitrogen and oxygen atoms in total. The van der Waals surface area contributed by atoms with Crippen molar-refractivity contribution in [1.29, 1.82) is 0 Å². The minimum Gasteiger partial charge on any atom is -0.466 e. The van der Waals surface area contributed by atoms with Gasteiger partial charge >= 0.3 is 11.9 Å². The van der Waals surface area contributed by atoms with Crippen LogP contribution in [0.1, 0.15) is 51.0 Å². The molecule has 1 aliphatic heterocycles. The molecule has 8 heteroatoms. The summed E-state index contributed by atoms with van der Waals surface area (Å²) in [6.45, 7) is 4.45. The molecule has 0 bridgehead atoms. The van der Waals surface area contributed by atoms with E-state index < -0.39 is 17.9 Å². The van der Waals surface area contributed by atoms with Crippen molar-refractivity contribution in [2.24, 2.45) is 5.73 Å². The molecule has 0 saturated heterocycles. The van der Waals surface area contributed by atoms with Crippen molar-refractivity contribution >= 4 is 35.1 Å². The van der Waals surface area contributed by atoms with Crippen molar-refractivity contribution in [2.75, 3.05) is 20.3 Å². The van der Waals surface area contributed by atoms with E-state index >= 15 is 0 Å². The quantitative estimate of drug-likeness (QED) is 0.422. The lowest BCUT2D eigenvalue weighted by Crippen LogP contribution is -2.32. The first-order chi connectivity index (χ1) is 14.3. The molecule has 0 aromatic heterocycles.